The van der Waals surface area contributed by atoms with Crippen LogP contribution in [-0.2, 0) is 9.53 Å². The monoisotopic (exact) mass is 439 g/mol. The van der Waals surface area contributed by atoms with Gasteiger partial charge in [0.25, 0.3) is 0 Å². The lowest BCUT2D eigenvalue weighted by molar-refractivity contribution is -0.131. The summed E-state index contributed by atoms with van der Waals surface area (Å²) in [5.41, 5.74) is 0.805. The van der Waals surface area contributed by atoms with Crippen molar-refractivity contribution in [3.05, 3.63) is 22.7 Å². The van der Waals surface area contributed by atoms with E-state index < -0.39 is 12.0 Å². The number of hydrogen-bond acceptors (Lipinski definition) is 5. The summed E-state index contributed by atoms with van der Waals surface area (Å²) in [4.78, 5) is 27.9. The van der Waals surface area contributed by atoms with Gasteiger partial charge in [0.15, 0.2) is 0 Å². The topological polar surface area (TPSA) is 55.8 Å². The Morgan fingerprint density at radius 1 is 1.31 bits per heavy atom. The van der Waals surface area contributed by atoms with Crippen molar-refractivity contribution >= 4 is 35.4 Å². The molecule has 0 spiro atoms. The Bertz CT molecular complexity index is 749. The minimum absolute atomic E-state index is 0.166. The van der Waals surface area contributed by atoms with Crippen LogP contribution >= 0.6 is 23.4 Å². The Morgan fingerprint density at radius 3 is 2.62 bits per heavy atom. The number of rotatable bonds is 7. The molecule has 1 saturated carbocycles. The SMILES string of the molecule is CCOc1c(SC(C)C)cc(Cl)cc1[C@@H](C(=O)N1CCOC1=O)C1CCCCC1. The van der Waals surface area contributed by atoms with Crippen LogP contribution in [0.2, 0.25) is 5.02 Å². The Morgan fingerprint density at radius 2 is 2.03 bits per heavy atom. The largest absolute Gasteiger partial charge is 0.492 e. The van der Waals surface area contributed by atoms with E-state index in [9.17, 15) is 9.59 Å². The van der Waals surface area contributed by atoms with Gasteiger partial charge in [0, 0.05) is 15.8 Å². The molecule has 1 aliphatic carbocycles. The van der Waals surface area contributed by atoms with Gasteiger partial charge >= 0.3 is 6.09 Å². The lowest BCUT2D eigenvalue weighted by Crippen LogP contribution is -2.39. The summed E-state index contributed by atoms with van der Waals surface area (Å²) < 4.78 is 11.1. The number of benzene rings is 1. The molecule has 1 heterocycles. The first-order valence-corrected chi connectivity index (χ1v) is 11.8. The number of imide groups is 1. The molecule has 2 amide bonds. The summed E-state index contributed by atoms with van der Waals surface area (Å²) in [6.07, 6.45) is 4.75. The number of carbonyl (C=O) groups is 2. The highest BCUT2D eigenvalue weighted by Gasteiger charge is 2.40. The third kappa shape index (κ3) is 5.21. The van der Waals surface area contributed by atoms with Crippen molar-refractivity contribution in [1.29, 1.82) is 0 Å². The van der Waals surface area contributed by atoms with Gasteiger partial charge in [0.05, 0.1) is 24.0 Å². The minimum Gasteiger partial charge on any atom is -0.492 e. The number of cyclic esters (lactones) is 1. The molecule has 2 aliphatic rings. The standard InChI is InChI=1S/C22H30ClNO4S/c1-4-27-20-17(12-16(23)13-18(20)29-14(2)3)19(15-8-6-5-7-9-15)21(25)24-10-11-28-22(24)26/h12-15,19H,4-11H2,1-3H3/t19-/m0/s1. The zero-order chi connectivity index (χ0) is 21.0. The maximum Gasteiger partial charge on any atom is 0.416 e. The van der Waals surface area contributed by atoms with Crippen LogP contribution in [0, 0.1) is 5.92 Å². The number of nitrogens with zero attached hydrogens (tertiary/aromatic N) is 1. The summed E-state index contributed by atoms with van der Waals surface area (Å²) in [7, 11) is 0. The predicted molar refractivity (Wildman–Crippen MR) is 116 cm³/mol. The first-order valence-electron chi connectivity index (χ1n) is 10.5. The number of thioether (sulfide) groups is 1. The highest BCUT2D eigenvalue weighted by molar-refractivity contribution is 8.00. The second kappa shape index (κ2) is 10.1. The summed E-state index contributed by atoms with van der Waals surface area (Å²) in [5.74, 6) is 0.252. The van der Waals surface area contributed by atoms with Gasteiger partial charge in [-0.15, -0.1) is 11.8 Å². The van der Waals surface area contributed by atoms with E-state index >= 15 is 0 Å². The van der Waals surface area contributed by atoms with Crippen molar-refractivity contribution in [2.75, 3.05) is 19.8 Å². The highest BCUT2D eigenvalue weighted by Crippen LogP contribution is 2.46. The van der Waals surface area contributed by atoms with Gasteiger partial charge in [-0.1, -0.05) is 44.7 Å². The van der Waals surface area contributed by atoms with Crippen LogP contribution in [0.15, 0.2) is 17.0 Å². The minimum atomic E-state index is -0.549. The highest BCUT2D eigenvalue weighted by atomic mass is 35.5. The van der Waals surface area contributed by atoms with E-state index in [1.807, 2.05) is 19.1 Å². The van der Waals surface area contributed by atoms with Crippen LogP contribution in [0.25, 0.3) is 0 Å². The Kier molecular flexibility index (Phi) is 7.74. The number of halogens is 1. The van der Waals surface area contributed by atoms with Crippen LogP contribution in [0.5, 0.6) is 5.75 Å². The van der Waals surface area contributed by atoms with Gasteiger partial charge in [0.2, 0.25) is 5.91 Å². The first kappa shape index (κ1) is 22.3. The zero-order valence-electron chi connectivity index (χ0n) is 17.4. The van der Waals surface area contributed by atoms with E-state index in [1.165, 1.54) is 11.3 Å². The second-order valence-corrected chi connectivity index (χ2v) is 9.96. The van der Waals surface area contributed by atoms with Crippen molar-refractivity contribution < 1.29 is 19.1 Å². The van der Waals surface area contributed by atoms with Crippen molar-refractivity contribution in [2.24, 2.45) is 5.92 Å². The molecule has 29 heavy (non-hydrogen) atoms. The van der Waals surface area contributed by atoms with Crippen molar-refractivity contribution in [3.63, 3.8) is 0 Å². The third-order valence-corrected chi connectivity index (χ3v) is 6.70. The number of hydrogen-bond donors (Lipinski definition) is 0. The van der Waals surface area contributed by atoms with Gasteiger partial charge in [-0.25, -0.2) is 9.69 Å². The average molecular weight is 440 g/mol. The third-order valence-electron chi connectivity index (χ3n) is 5.45. The molecule has 0 aromatic heterocycles. The first-order chi connectivity index (χ1) is 13.9. The molecule has 2 fully saturated rings. The fraction of sp³-hybridized carbons (Fsp3) is 0.636. The molecule has 1 atom stereocenters. The van der Waals surface area contributed by atoms with Crippen molar-refractivity contribution in [3.8, 4) is 5.75 Å². The molecule has 1 aliphatic heterocycles. The van der Waals surface area contributed by atoms with Gasteiger partial charge in [-0.05, 0) is 37.8 Å². The maximum atomic E-state index is 13.6. The van der Waals surface area contributed by atoms with E-state index in [0.717, 1.165) is 41.9 Å². The molecular weight excluding hydrogens is 410 g/mol. The van der Waals surface area contributed by atoms with Gasteiger partial charge in [-0.3, -0.25) is 4.79 Å². The van der Waals surface area contributed by atoms with Crippen LogP contribution in [0.4, 0.5) is 4.79 Å². The van der Waals surface area contributed by atoms with Gasteiger partial charge < -0.3 is 9.47 Å². The van der Waals surface area contributed by atoms with E-state index in [-0.39, 0.29) is 18.4 Å². The van der Waals surface area contributed by atoms with Crippen LogP contribution < -0.4 is 4.74 Å². The van der Waals surface area contributed by atoms with E-state index in [0.29, 0.717) is 23.4 Å². The van der Waals surface area contributed by atoms with E-state index in [1.54, 1.807) is 11.8 Å². The molecule has 0 radical (unpaired) electrons. The lowest BCUT2D eigenvalue weighted by atomic mass is 9.75. The normalized spacial score (nSPS) is 18.8. The Balaban J connectivity index is 2.09. The molecule has 7 heteroatoms. The van der Waals surface area contributed by atoms with E-state index in [4.69, 9.17) is 21.1 Å². The van der Waals surface area contributed by atoms with Crippen LogP contribution in [0.1, 0.15) is 64.4 Å². The number of ether oxygens (including phenoxy) is 2. The molecule has 1 aromatic rings. The van der Waals surface area contributed by atoms with Crippen molar-refractivity contribution in [1.82, 2.24) is 4.90 Å². The van der Waals surface area contributed by atoms with E-state index in [2.05, 4.69) is 13.8 Å². The summed E-state index contributed by atoms with van der Waals surface area (Å²) in [5, 5.41) is 0.933. The summed E-state index contributed by atoms with van der Waals surface area (Å²) >= 11 is 8.17. The van der Waals surface area contributed by atoms with Crippen LogP contribution in [-0.4, -0.2) is 41.9 Å². The predicted octanol–water partition coefficient (Wildman–Crippen LogP) is 5.88. The molecule has 0 unspecified atom stereocenters. The summed E-state index contributed by atoms with van der Waals surface area (Å²) in [6.45, 7) is 7.23. The van der Waals surface area contributed by atoms with Crippen LogP contribution in [0.3, 0.4) is 0 Å². The fourth-order valence-corrected chi connectivity index (χ4v) is 5.56. The molecule has 160 valence electrons. The zero-order valence-corrected chi connectivity index (χ0v) is 19.0. The summed E-state index contributed by atoms with van der Waals surface area (Å²) in [6, 6.07) is 3.77. The van der Waals surface area contributed by atoms with Crippen molar-refractivity contribution in [2.45, 2.75) is 68.9 Å². The molecule has 1 aromatic carbocycles. The molecule has 5 nitrogen and oxygen atoms in total. The molecule has 0 bridgehead atoms. The second-order valence-electron chi connectivity index (χ2n) is 7.90. The molecule has 3 rings (SSSR count). The molecule has 0 N–H and O–H groups in total. The number of carbonyl (C=O) groups excluding carboxylic acids is 2. The molecular formula is C22H30ClNO4S. The lowest BCUT2D eigenvalue weighted by Gasteiger charge is -2.33. The fourth-order valence-electron chi connectivity index (χ4n) is 4.28. The smallest absolute Gasteiger partial charge is 0.416 e. The van der Waals surface area contributed by atoms with Gasteiger partial charge in [0.1, 0.15) is 12.4 Å². The quantitative estimate of drug-likeness (QED) is 0.496. The molecule has 1 saturated heterocycles. The Hall–Kier alpha value is -1.40. The van der Waals surface area contributed by atoms with Gasteiger partial charge in [-0.2, -0.15) is 0 Å². The average Bonchev–Trinajstić information content (AvgIpc) is 3.11. The number of amides is 2. The Labute approximate surface area is 182 Å². The maximum absolute atomic E-state index is 13.6.